The summed E-state index contributed by atoms with van der Waals surface area (Å²) in [5.74, 6) is -0.446. The largest absolute Gasteiger partial charge is 0.481 e. The molecule has 0 aliphatic heterocycles. The van der Waals surface area contributed by atoms with Gasteiger partial charge in [-0.3, -0.25) is 9.59 Å². The van der Waals surface area contributed by atoms with E-state index in [1.807, 2.05) is 0 Å². The molecule has 0 spiro atoms. The summed E-state index contributed by atoms with van der Waals surface area (Å²) in [5.41, 5.74) is 0. The Balaban J connectivity index is 2.15. The first-order chi connectivity index (χ1) is 5.68. The van der Waals surface area contributed by atoms with Crippen LogP contribution in [0.3, 0.4) is 0 Å². The quantitative estimate of drug-likeness (QED) is 0.637. The van der Waals surface area contributed by atoms with Gasteiger partial charge in [-0.25, -0.2) is 0 Å². The molecular formula is C9H12O3. The first-order valence-corrected chi connectivity index (χ1v) is 4.44. The summed E-state index contributed by atoms with van der Waals surface area (Å²) in [5, 5.41) is 8.84. The SMILES string of the molecule is O=C1CC2CCC1CC2C(=O)O. The Morgan fingerprint density at radius 2 is 2.17 bits per heavy atom. The van der Waals surface area contributed by atoms with E-state index in [9.17, 15) is 9.59 Å². The van der Waals surface area contributed by atoms with Gasteiger partial charge in [0.05, 0.1) is 5.92 Å². The molecule has 3 unspecified atom stereocenters. The van der Waals surface area contributed by atoms with Gasteiger partial charge in [0.1, 0.15) is 5.78 Å². The zero-order valence-electron chi connectivity index (χ0n) is 6.82. The molecule has 12 heavy (non-hydrogen) atoms. The number of aliphatic carboxylic acids is 1. The lowest BCUT2D eigenvalue weighted by Crippen LogP contribution is -2.41. The molecule has 3 saturated carbocycles. The van der Waals surface area contributed by atoms with Crippen LogP contribution >= 0.6 is 0 Å². The number of rotatable bonds is 1. The van der Waals surface area contributed by atoms with Crippen LogP contribution in [-0.4, -0.2) is 16.9 Å². The molecule has 3 fully saturated rings. The normalized spacial score (nSPS) is 40.0. The second-order valence-electron chi connectivity index (χ2n) is 3.89. The van der Waals surface area contributed by atoms with Gasteiger partial charge in [0, 0.05) is 12.3 Å². The molecule has 0 aromatic carbocycles. The van der Waals surface area contributed by atoms with Crippen molar-refractivity contribution in [2.75, 3.05) is 0 Å². The molecule has 3 heteroatoms. The summed E-state index contributed by atoms with van der Waals surface area (Å²) in [6.07, 6.45) is 2.97. The zero-order valence-corrected chi connectivity index (χ0v) is 6.82. The summed E-state index contributed by atoms with van der Waals surface area (Å²) < 4.78 is 0. The maximum absolute atomic E-state index is 11.2. The van der Waals surface area contributed by atoms with Gasteiger partial charge in [0.15, 0.2) is 0 Å². The van der Waals surface area contributed by atoms with Crippen LogP contribution in [0.5, 0.6) is 0 Å². The fraction of sp³-hybridized carbons (Fsp3) is 0.778. The van der Waals surface area contributed by atoms with Crippen molar-refractivity contribution >= 4 is 11.8 Å². The number of Topliss-reactive ketones (excluding diaryl/α,β-unsaturated/α-hetero) is 1. The Labute approximate surface area is 70.8 Å². The summed E-state index contributed by atoms with van der Waals surface area (Å²) in [6.45, 7) is 0. The molecule has 3 atom stereocenters. The van der Waals surface area contributed by atoms with E-state index in [0.29, 0.717) is 18.6 Å². The minimum absolute atomic E-state index is 0.0658. The molecule has 0 amide bonds. The van der Waals surface area contributed by atoms with Gasteiger partial charge in [0.2, 0.25) is 0 Å². The number of ketones is 1. The molecule has 2 bridgehead atoms. The Kier molecular flexibility index (Phi) is 1.67. The molecule has 3 aliphatic rings. The number of carboxylic acids is 1. The smallest absolute Gasteiger partial charge is 0.306 e. The zero-order chi connectivity index (χ0) is 8.72. The average Bonchev–Trinajstić information content (AvgIpc) is 2.04. The second kappa shape index (κ2) is 2.57. The third-order valence-electron chi connectivity index (χ3n) is 3.23. The van der Waals surface area contributed by atoms with E-state index in [2.05, 4.69) is 0 Å². The third-order valence-corrected chi connectivity index (χ3v) is 3.23. The second-order valence-corrected chi connectivity index (χ2v) is 3.89. The number of carbonyl (C=O) groups excluding carboxylic acids is 1. The monoisotopic (exact) mass is 168 g/mol. The van der Waals surface area contributed by atoms with Gasteiger partial charge in [-0.1, -0.05) is 0 Å². The molecule has 0 aromatic rings. The van der Waals surface area contributed by atoms with Crippen LogP contribution in [0.2, 0.25) is 0 Å². The molecule has 3 aliphatic carbocycles. The number of fused-ring (bicyclic) bond motifs is 3. The van der Waals surface area contributed by atoms with Crippen molar-refractivity contribution in [3.05, 3.63) is 0 Å². The Morgan fingerprint density at radius 1 is 1.42 bits per heavy atom. The predicted octanol–water partition coefficient (Wildman–Crippen LogP) is 1.08. The minimum atomic E-state index is -0.711. The van der Waals surface area contributed by atoms with E-state index < -0.39 is 5.97 Å². The van der Waals surface area contributed by atoms with Crippen molar-refractivity contribution in [3.63, 3.8) is 0 Å². The highest BCUT2D eigenvalue weighted by Crippen LogP contribution is 2.42. The van der Waals surface area contributed by atoms with Crippen molar-refractivity contribution in [2.24, 2.45) is 17.8 Å². The van der Waals surface area contributed by atoms with E-state index >= 15 is 0 Å². The van der Waals surface area contributed by atoms with Gasteiger partial charge in [0.25, 0.3) is 0 Å². The van der Waals surface area contributed by atoms with Gasteiger partial charge < -0.3 is 5.11 Å². The average molecular weight is 168 g/mol. The highest BCUT2D eigenvalue weighted by molar-refractivity contribution is 5.85. The van der Waals surface area contributed by atoms with Crippen molar-refractivity contribution in [1.29, 1.82) is 0 Å². The molecular weight excluding hydrogens is 156 g/mol. The van der Waals surface area contributed by atoms with Gasteiger partial charge in [-0.2, -0.15) is 0 Å². The topological polar surface area (TPSA) is 54.4 Å². The molecule has 3 nitrogen and oxygen atoms in total. The number of hydrogen-bond donors (Lipinski definition) is 1. The van der Waals surface area contributed by atoms with Gasteiger partial charge >= 0.3 is 5.97 Å². The summed E-state index contributed by atoms with van der Waals surface area (Å²) in [7, 11) is 0. The first kappa shape index (κ1) is 7.77. The van der Waals surface area contributed by atoms with E-state index in [4.69, 9.17) is 5.11 Å². The number of carboxylic acid groups (broad SMARTS) is 1. The van der Waals surface area contributed by atoms with Crippen molar-refractivity contribution in [2.45, 2.75) is 25.7 Å². The lowest BCUT2D eigenvalue weighted by atomic mass is 9.64. The Morgan fingerprint density at radius 3 is 2.58 bits per heavy atom. The van der Waals surface area contributed by atoms with Crippen LogP contribution in [0.15, 0.2) is 0 Å². The Bertz CT molecular complexity index is 234. The summed E-state index contributed by atoms with van der Waals surface area (Å²) >= 11 is 0. The maximum Gasteiger partial charge on any atom is 0.306 e. The van der Waals surface area contributed by atoms with E-state index in [-0.39, 0.29) is 17.8 Å². The van der Waals surface area contributed by atoms with Crippen molar-refractivity contribution in [3.8, 4) is 0 Å². The van der Waals surface area contributed by atoms with Gasteiger partial charge in [-0.15, -0.1) is 0 Å². The van der Waals surface area contributed by atoms with E-state index in [1.165, 1.54) is 0 Å². The molecule has 66 valence electrons. The highest BCUT2D eigenvalue weighted by Gasteiger charge is 2.43. The van der Waals surface area contributed by atoms with Crippen LogP contribution in [0.4, 0.5) is 0 Å². The van der Waals surface area contributed by atoms with Crippen molar-refractivity contribution in [1.82, 2.24) is 0 Å². The lowest BCUT2D eigenvalue weighted by Gasteiger charge is -2.38. The molecule has 1 N–H and O–H groups in total. The fourth-order valence-electron chi connectivity index (χ4n) is 2.50. The molecule has 3 rings (SSSR count). The lowest BCUT2D eigenvalue weighted by molar-refractivity contribution is -0.150. The maximum atomic E-state index is 11.2. The van der Waals surface area contributed by atoms with Crippen LogP contribution in [-0.2, 0) is 9.59 Å². The first-order valence-electron chi connectivity index (χ1n) is 4.44. The van der Waals surface area contributed by atoms with E-state index in [1.54, 1.807) is 0 Å². The predicted molar refractivity (Wildman–Crippen MR) is 41.6 cm³/mol. The molecule has 0 heterocycles. The third kappa shape index (κ3) is 1.04. The van der Waals surface area contributed by atoms with Crippen LogP contribution in [0, 0.1) is 17.8 Å². The minimum Gasteiger partial charge on any atom is -0.481 e. The van der Waals surface area contributed by atoms with Crippen molar-refractivity contribution < 1.29 is 14.7 Å². The van der Waals surface area contributed by atoms with Gasteiger partial charge in [-0.05, 0) is 25.2 Å². The van der Waals surface area contributed by atoms with Crippen LogP contribution in [0.1, 0.15) is 25.7 Å². The molecule has 0 aromatic heterocycles. The molecule has 0 saturated heterocycles. The van der Waals surface area contributed by atoms with Crippen LogP contribution < -0.4 is 0 Å². The van der Waals surface area contributed by atoms with E-state index in [0.717, 1.165) is 12.8 Å². The number of carbonyl (C=O) groups is 2. The molecule has 0 radical (unpaired) electrons. The highest BCUT2D eigenvalue weighted by atomic mass is 16.4. The number of hydrogen-bond acceptors (Lipinski definition) is 2. The fourth-order valence-corrected chi connectivity index (χ4v) is 2.50. The Hall–Kier alpha value is -0.860. The van der Waals surface area contributed by atoms with Crippen LogP contribution in [0.25, 0.3) is 0 Å². The summed E-state index contributed by atoms with van der Waals surface area (Å²) in [6, 6.07) is 0. The summed E-state index contributed by atoms with van der Waals surface area (Å²) in [4.78, 5) is 22.0. The standard InChI is InChI=1S/C9H12O3/c10-8-4-5-1-2-6(8)3-7(5)9(11)12/h5-7H,1-4H2,(H,11,12).